The zero-order valence-corrected chi connectivity index (χ0v) is 11.0. The first-order valence-corrected chi connectivity index (χ1v) is 6.42. The lowest BCUT2D eigenvalue weighted by molar-refractivity contribution is -0.119. The number of hydrogen-bond acceptors (Lipinski definition) is 4. The molecule has 0 radical (unpaired) electrons. The summed E-state index contributed by atoms with van der Waals surface area (Å²) in [4.78, 5) is 13.2. The molecule has 1 aromatic carbocycles. The largest absolute Gasteiger partial charge is 0.396 e. The van der Waals surface area contributed by atoms with Crippen molar-refractivity contribution in [1.82, 2.24) is 5.32 Å². The molecule has 1 saturated heterocycles. The summed E-state index contributed by atoms with van der Waals surface area (Å²) in [6.45, 7) is 3.22. The fourth-order valence-electron chi connectivity index (χ4n) is 2.48. The third-order valence-electron chi connectivity index (χ3n) is 3.45. The SMILES string of the molecule is CC(=O)NC1CCN(c2cccc(C#N)c2N)CC1. The van der Waals surface area contributed by atoms with Crippen molar-refractivity contribution < 1.29 is 4.79 Å². The maximum Gasteiger partial charge on any atom is 0.217 e. The minimum absolute atomic E-state index is 0.0180. The number of rotatable bonds is 2. The predicted octanol–water partition coefficient (Wildman–Crippen LogP) is 1.25. The number of hydrogen-bond donors (Lipinski definition) is 2. The highest BCUT2D eigenvalue weighted by atomic mass is 16.1. The summed E-state index contributed by atoms with van der Waals surface area (Å²) in [7, 11) is 0. The number of nitrogens with two attached hydrogens (primary N) is 1. The van der Waals surface area contributed by atoms with Crippen molar-refractivity contribution in [3.8, 4) is 6.07 Å². The van der Waals surface area contributed by atoms with Crippen LogP contribution in [-0.2, 0) is 4.79 Å². The topological polar surface area (TPSA) is 82.2 Å². The van der Waals surface area contributed by atoms with Crippen LogP contribution in [0.1, 0.15) is 25.3 Å². The Kier molecular flexibility index (Phi) is 3.91. The van der Waals surface area contributed by atoms with Crippen LogP contribution in [0.15, 0.2) is 18.2 Å². The van der Waals surface area contributed by atoms with Crippen molar-refractivity contribution in [3.63, 3.8) is 0 Å². The summed E-state index contributed by atoms with van der Waals surface area (Å²) in [6, 6.07) is 7.86. The van der Waals surface area contributed by atoms with Gasteiger partial charge in [-0.05, 0) is 25.0 Å². The monoisotopic (exact) mass is 258 g/mol. The van der Waals surface area contributed by atoms with Crippen molar-refractivity contribution in [3.05, 3.63) is 23.8 Å². The molecule has 1 amide bonds. The van der Waals surface area contributed by atoms with Crippen molar-refractivity contribution in [2.75, 3.05) is 23.7 Å². The Labute approximate surface area is 113 Å². The third kappa shape index (κ3) is 2.97. The van der Waals surface area contributed by atoms with E-state index >= 15 is 0 Å². The van der Waals surface area contributed by atoms with Crippen LogP contribution >= 0.6 is 0 Å². The fraction of sp³-hybridized carbons (Fsp3) is 0.429. The molecule has 5 nitrogen and oxygen atoms in total. The van der Waals surface area contributed by atoms with Crippen LogP contribution < -0.4 is 16.0 Å². The second-order valence-corrected chi connectivity index (χ2v) is 4.81. The summed E-state index contributed by atoms with van der Waals surface area (Å²) in [5, 5.41) is 11.9. The van der Waals surface area contributed by atoms with Gasteiger partial charge in [-0.2, -0.15) is 5.26 Å². The van der Waals surface area contributed by atoms with Gasteiger partial charge < -0.3 is 16.0 Å². The summed E-state index contributed by atoms with van der Waals surface area (Å²) in [5.41, 5.74) is 7.98. The molecular weight excluding hydrogens is 240 g/mol. The number of nitrogens with one attached hydrogen (secondary N) is 1. The molecule has 0 atom stereocenters. The first-order valence-electron chi connectivity index (χ1n) is 6.42. The van der Waals surface area contributed by atoms with Crippen LogP contribution in [0.5, 0.6) is 0 Å². The Balaban J connectivity index is 2.06. The molecule has 0 aromatic heterocycles. The summed E-state index contributed by atoms with van der Waals surface area (Å²) in [5.74, 6) is 0.0180. The second kappa shape index (κ2) is 5.61. The highest BCUT2D eigenvalue weighted by Crippen LogP contribution is 2.28. The van der Waals surface area contributed by atoms with Crippen LogP contribution in [0.2, 0.25) is 0 Å². The number of carbonyl (C=O) groups excluding carboxylic acids is 1. The first kappa shape index (κ1) is 13.2. The molecular formula is C14H18N4O. The summed E-state index contributed by atoms with van der Waals surface area (Å²) >= 11 is 0. The van der Waals surface area contributed by atoms with Crippen LogP contribution in [0.4, 0.5) is 11.4 Å². The molecule has 1 aliphatic rings. The Hall–Kier alpha value is -2.22. The molecule has 19 heavy (non-hydrogen) atoms. The average molecular weight is 258 g/mol. The van der Waals surface area contributed by atoms with Gasteiger partial charge in [0.25, 0.3) is 0 Å². The number of amides is 1. The molecule has 5 heteroatoms. The highest BCUT2D eigenvalue weighted by molar-refractivity contribution is 5.74. The second-order valence-electron chi connectivity index (χ2n) is 4.81. The van der Waals surface area contributed by atoms with E-state index in [1.54, 1.807) is 13.0 Å². The zero-order chi connectivity index (χ0) is 13.8. The average Bonchev–Trinajstić information content (AvgIpc) is 2.39. The van der Waals surface area contributed by atoms with Gasteiger partial charge >= 0.3 is 0 Å². The highest BCUT2D eigenvalue weighted by Gasteiger charge is 2.21. The van der Waals surface area contributed by atoms with E-state index in [0.29, 0.717) is 11.3 Å². The molecule has 0 saturated carbocycles. The van der Waals surface area contributed by atoms with Crippen LogP contribution in [-0.4, -0.2) is 25.0 Å². The van der Waals surface area contributed by atoms with Crippen molar-refractivity contribution in [2.24, 2.45) is 0 Å². The number of piperidine rings is 1. The fourth-order valence-corrected chi connectivity index (χ4v) is 2.48. The van der Waals surface area contributed by atoms with E-state index in [1.165, 1.54) is 0 Å². The molecule has 0 aliphatic carbocycles. The third-order valence-corrected chi connectivity index (χ3v) is 3.45. The maximum atomic E-state index is 11.0. The molecule has 0 spiro atoms. The Morgan fingerprint density at radius 2 is 2.16 bits per heavy atom. The molecule has 2 rings (SSSR count). The number of para-hydroxylation sites is 1. The quantitative estimate of drug-likeness (QED) is 0.782. The van der Waals surface area contributed by atoms with E-state index in [2.05, 4.69) is 16.3 Å². The van der Waals surface area contributed by atoms with Gasteiger partial charge in [0.2, 0.25) is 5.91 Å². The lowest BCUT2D eigenvalue weighted by atomic mass is 10.0. The van der Waals surface area contributed by atoms with Gasteiger partial charge in [0.05, 0.1) is 16.9 Å². The molecule has 3 N–H and O–H groups in total. The number of nitrogens with zero attached hydrogens (tertiary/aromatic N) is 2. The van der Waals surface area contributed by atoms with Gasteiger partial charge in [-0.3, -0.25) is 4.79 Å². The first-order chi connectivity index (χ1) is 9.11. The Bertz CT molecular complexity index is 513. The van der Waals surface area contributed by atoms with Crippen LogP contribution in [0, 0.1) is 11.3 Å². The van der Waals surface area contributed by atoms with Crippen LogP contribution in [0.3, 0.4) is 0 Å². The van der Waals surface area contributed by atoms with Gasteiger partial charge in [-0.15, -0.1) is 0 Å². The normalized spacial score (nSPS) is 15.9. The predicted molar refractivity (Wildman–Crippen MR) is 74.6 cm³/mol. The van der Waals surface area contributed by atoms with Crippen molar-refractivity contribution >= 4 is 17.3 Å². The van der Waals surface area contributed by atoms with Gasteiger partial charge in [0, 0.05) is 26.1 Å². The summed E-state index contributed by atoms with van der Waals surface area (Å²) < 4.78 is 0. The Morgan fingerprint density at radius 1 is 1.47 bits per heavy atom. The zero-order valence-electron chi connectivity index (χ0n) is 11.0. The number of nitriles is 1. The van der Waals surface area contributed by atoms with Gasteiger partial charge in [-0.25, -0.2) is 0 Å². The van der Waals surface area contributed by atoms with Gasteiger partial charge in [0.1, 0.15) is 6.07 Å². The van der Waals surface area contributed by atoms with Crippen LogP contribution in [0.25, 0.3) is 0 Å². The van der Waals surface area contributed by atoms with E-state index in [1.807, 2.05) is 12.1 Å². The number of carbonyl (C=O) groups is 1. The smallest absolute Gasteiger partial charge is 0.217 e. The van der Waals surface area contributed by atoms with E-state index in [0.717, 1.165) is 31.6 Å². The number of anilines is 2. The standard InChI is InChI=1S/C14H18N4O/c1-10(19)17-12-5-7-18(8-6-12)13-4-2-3-11(9-15)14(13)16/h2-4,12H,5-8,16H2,1H3,(H,17,19). The molecule has 100 valence electrons. The van der Waals surface area contributed by atoms with E-state index in [-0.39, 0.29) is 11.9 Å². The van der Waals surface area contributed by atoms with Crippen molar-refractivity contribution in [1.29, 1.82) is 5.26 Å². The molecule has 0 unspecified atom stereocenters. The van der Waals surface area contributed by atoms with Gasteiger partial charge in [0.15, 0.2) is 0 Å². The number of nitrogen functional groups attached to an aromatic ring is 1. The minimum atomic E-state index is 0.0180. The van der Waals surface area contributed by atoms with E-state index < -0.39 is 0 Å². The van der Waals surface area contributed by atoms with Gasteiger partial charge in [-0.1, -0.05) is 6.07 Å². The molecule has 1 fully saturated rings. The molecule has 1 aliphatic heterocycles. The van der Waals surface area contributed by atoms with E-state index in [9.17, 15) is 4.79 Å². The lowest BCUT2D eigenvalue weighted by Gasteiger charge is -2.34. The molecule has 1 aromatic rings. The summed E-state index contributed by atoms with van der Waals surface area (Å²) in [6.07, 6.45) is 1.80. The maximum absolute atomic E-state index is 11.0. The molecule has 0 bridgehead atoms. The molecule has 1 heterocycles. The number of benzene rings is 1. The lowest BCUT2D eigenvalue weighted by Crippen LogP contribution is -2.44. The van der Waals surface area contributed by atoms with Crippen molar-refractivity contribution in [2.45, 2.75) is 25.8 Å². The van der Waals surface area contributed by atoms with E-state index in [4.69, 9.17) is 11.0 Å². The Morgan fingerprint density at radius 3 is 2.74 bits per heavy atom. The minimum Gasteiger partial charge on any atom is -0.396 e.